The van der Waals surface area contributed by atoms with Crippen LogP contribution in [0.5, 0.6) is 0 Å². The van der Waals surface area contributed by atoms with Crippen LogP contribution < -0.4 is 10.6 Å². The number of amides is 2. The highest BCUT2D eigenvalue weighted by Crippen LogP contribution is 2.13. The average molecular weight is 374 g/mol. The Morgan fingerprint density at radius 3 is 2.19 bits per heavy atom. The zero-order chi connectivity index (χ0) is 20.3. The molecule has 0 radical (unpaired) electrons. The maximum absolute atomic E-state index is 12.1. The summed E-state index contributed by atoms with van der Waals surface area (Å²) in [5.74, 6) is 0.0414. The van der Waals surface area contributed by atoms with Crippen LogP contribution in [0.3, 0.4) is 0 Å². The van der Waals surface area contributed by atoms with Gasteiger partial charge in [0.05, 0.1) is 18.6 Å². The van der Waals surface area contributed by atoms with Crippen LogP contribution in [0.2, 0.25) is 0 Å². The quantitative estimate of drug-likeness (QED) is 0.516. The Morgan fingerprint density at radius 2 is 1.73 bits per heavy atom. The second-order valence-corrected chi connectivity index (χ2v) is 8.03. The number of carbonyl (C=O) groups excluding carboxylic acids is 2. The minimum Gasteiger partial charge on any atom is -0.444 e. The van der Waals surface area contributed by atoms with Crippen molar-refractivity contribution in [2.45, 2.75) is 79.1 Å². The largest absolute Gasteiger partial charge is 0.444 e. The first-order valence-corrected chi connectivity index (χ1v) is 9.65. The van der Waals surface area contributed by atoms with Crippen molar-refractivity contribution >= 4 is 12.0 Å². The van der Waals surface area contributed by atoms with Gasteiger partial charge in [0, 0.05) is 13.1 Å². The van der Waals surface area contributed by atoms with Crippen molar-refractivity contribution in [3.05, 3.63) is 0 Å². The second-order valence-electron chi connectivity index (χ2n) is 8.03. The number of nitrogens with one attached hydrogen (secondary N) is 2. The van der Waals surface area contributed by atoms with Crippen LogP contribution in [0.15, 0.2) is 0 Å². The summed E-state index contributed by atoms with van der Waals surface area (Å²) in [5.41, 5.74) is -0.612. The first-order valence-electron chi connectivity index (χ1n) is 9.65. The van der Waals surface area contributed by atoms with E-state index in [9.17, 15) is 14.7 Å². The molecule has 0 heterocycles. The topological polar surface area (TPSA) is 90.9 Å². The van der Waals surface area contributed by atoms with Crippen molar-refractivity contribution < 1.29 is 19.4 Å². The van der Waals surface area contributed by atoms with E-state index >= 15 is 0 Å². The molecular formula is C19H39N3O4. The number of nitrogens with zero attached hydrogens (tertiary/aromatic N) is 1. The number of aliphatic hydroxyl groups excluding tert-OH is 1. The van der Waals surface area contributed by atoms with Crippen molar-refractivity contribution in [2.75, 3.05) is 26.2 Å². The monoisotopic (exact) mass is 373 g/mol. The molecule has 0 saturated heterocycles. The standard InChI is InChI=1S/C19H39N3O4/c1-8-22(9-2)11-10-20-17(24)13-16(23)15(12-14(3)4)21-18(25)26-19(5,6)7/h14-16,23H,8-13H2,1-7H3,(H,20,24)(H,21,25)/t15-,16-/m0/s1. The van der Waals surface area contributed by atoms with Gasteiger partial charge in [0.1, 0.15) is 5.60 Å². The first-order chi connectivity index (χ1) is 12.0. The van der Waals surface area contributed by atoms with Gasteiger partial charge in [-0.2, -0.15) is 0 Å². The summed E-state index contributed by atoms with van der Waals surface area (Å²) >= 11 is 0. The number of likely N-dealkylation sites (N-methyl/N-ethyl adjacent to an activating group) is 1. The van der Waals surface area contributed by atoms with E-state index in [1.54, 1.807) is 20.8 Å². The van der Waals surface area contributed by atoms with Gasteiger partial charge in [-0.25, -0.2) is 4.79 Å². The van der Waals surface area contributed by atoms with E-state index in [0.717, 1.165) is 19.6 Å². The highest BCUT2D eigenvalue weighted by atomic mass is 16.6. The molecule has 0 aliphatic heterocycles. The van der Waals surface area contributed by atoms with E-state index in [4.69, 9.17) is 4.74 Å². The predicted molar refractivity (Wildman–Crippen MR) is 104 cm³/mol. The third-order valence-electron chi connectivity index (χ3n) is 3.93. The molecule has 154 valence electrons. The number of hydrogen-bond donors (Lipinski definition) is 3. The van der Waals surface area contributed by atoms with Gasteiger partial charge in [0.25, 0.3) is 0 Å². The third kappa shape index (κ3) is 12.1. The molecule has 0 unspecified atom stereocenters. The molecule has 0 bridgehead atoms. The van der Waals surface area contributed by atoms with Crippen LogP contribution in [0.25, 0.3) is 0 Å². The number of ether oxygens (including phenoxy) is 1. The van der Waals surface area contributed by atoms with Gasteiger partial charge >= 0.3 is 6.09 Å². The summed E-state index contributed by atoms with van der Waals surface area (Å²) < 4.78 is 5.25. The summed E-state index contributed by atoms with van der Waals surface area (Å²) in [6, 6.07) is -0.529. The highest BCUT2D eigenvalue weighted by Gasteiger charge is 2.26. The number of carbonyl (C=O) groups is 2. The van der Waals surface area contributed by atoms with E-state index in [0.29, 0.717) is 13.0 Å². The summed E-state index contributed by atoms with van der Waals surface area (Å²) in [6.45, 7) is 16.7. The Hall–Kier alpha value is -1.34. The predicted octanol–water partition coefficient (Wildman–Crippen LogP) is 2.13. The summed E-state index contributed by atoms with van der Waals surface area (Å²) in [7, 11) is 0. The third-order valence-corrected chi connectivity index (χ3v) is 3.93. The molecule has 0 saturated carbocycles. The number of hydrogen-bond acceptors (Lipinski definition) is 5. The fourth-order valence-corrected chi connectivity index (χ4v) is 2.58. The molecule has 0 rings (SSSR count). The molecule has 2 atom stereocenters. The van der Waals surface area contributed by atoms with Gasteiger partial charge in [-0.15, -0.1) is 0 Å². The molecule has 2 amide bonds. The number of aliphatic hydroxyl groups is 1. The van der Waals surface area contributed by atoms with Crippen LogP contribution in [0.4, 0.5) is 4.79 Å². The minimum absolute atomic E-state index is 0.0502. The molecule has 0 aromatic rings. The number of rotatable bonds is 11. The molecular weight excluding hydrogens is 334 g/mol. The molecule has 7 nitrogen and oxygen atoms in total. The maximum Gasteiger partial charge on any atom is 0.407 e. The van der Waals surface area contributed by atoms with Crippen molar-refractivity contribution in [2.24, 2.45) is 5.92 Å². The molecule has 0 spiro atoms. The Morgan fingerprint density at radius 1 is 1.15 bits per heavy atom. The fraction of sp³-hybridized carbons (Fsp3) is 0.895. The Bertz CT molecular complexity index is 417. The van der Waals surface area contributed by atoms with E-state index < -0.39 is 23.8 Å². The number of alkyl carbamates (subject to hydrolysis) is 1. The van der Waals surface area contributed by atoms with Crippen LogP contribution in [-0.4, -0.2) is 65.9 Å². The zero-order valence-corrected chi connectivity index (χ0v) is 17.6. The fourth-order valence-electron chi connectivity index (χ4n) is 2.58. The van der Waals surface area contributed by atoms with Gasteiger partial charge in [-0.05, 0) is 46.2 Å². The van der Waals surface area contributed by atoms with Crippen molar-refractivity contribution in [3.8, 4) is 0 Å². The zero-order valence-electron chi connectivity index (χ0n) is 17.6. The van der Waals surface area contributed by atoms with E-state index in [1.165, 1.54) is 0 Å². The van der Waals surface area contributed by atoms with E-state index in [1.807, 2.05) is 13.8 Å². The van der Waals surface area contributed by atoms with Gasteiger partial charge < -0.3 is 25.4 Å². The molecule has 26 heavy (non-hydrogen) atoms. The Labute approximate surface area is 158 Å². The molecule has 0 fully saturated rings. The van der Waals surface area contributed by atoms with Crippen LogP contribution in [0, 0.1) is 5.92 Å². The Kier molecular flexibility index (Phi) is 11.5. The van der Waals surface area contributed by atoms with Crippen LogP contribution >= 0.6 is 0 Å². The summed E-state index contributed by atoms with van der Waals surface area (Å²) in [6.07, 6.45) is -1.03. The summed E-state index contributed by atoms with van der Waals surface area (Å²) in [5, 5.41) is 16.0. The van der Waals surface area contributed by atoms with Crippen LogP contribution in [-0.2, 0) is 9.53 Å². The molecule has 0 aromatic carbocycles. The maximum atomic E-state index is 12.1. The van der Waals surface area contributed by atoms with Gasteiger partial charge in [-0.1, -0.05) is 27.7 Å². The first kappa shape index (κ1) is 24.7. The lowest BCUT2D eigenvalue weighted by Crippen LogP contribution is -2.47. The lowest BCUT2D eigenvalue weighted by Gasteiger charge is -2.27. The minimum atomic E-state index is -0.960. The van der Waals surface area contributed by atoms with Crippen molar-refractivity contribution in [1.82, 2.24) is 15.5 Å². The SMILES string of the molecule is CCN(CC)CCNC(=O)C[C@H](O)[C@H](CC(C)C)NC(=O)OC(C)(C)C. The second kappa shape index (κ2) is 12.1. The smallest absolute Gasteiger partial charge is 0.407 e. The van der Waals surface area contributed by atoms with Gasteiger partial charge in [0.2, 0.25) is 5.91 Å². The average Bonchev–Trinajstić information content (AvgIpc) is 2.48. The van der Waals surface area contributed by atoms with E-state index in [-0.39, 0.29) is 18.2 Å². The van der Waals surface area contributed by atoms with E-state index in [2.05, 4.69) is 29.4 Å². The summed E-state index contributed by atoms with van der Waals surface area (Å²) in [4.78, 5) is 26.3. The van der Waals surface area contributed by atoms with Crippen LogP contribution in [0.1, 0.15) is 61.3 Å². The molecule has 3 N–H and O–H groups in total. The molecule has 0 aliphatic carbocycles. The highest BCUT2D eigenvalue weighted by molar-refractivity contribution is 5.76. The van der Waals surface area contributed by atoms with Crippen molar-refractivity contribution in [3.63, 3.8) is 0 Å². The Balaban J connectivity index is 4.55. The molecule has 0 aliphatic rings. The lowest BCUT2D eigenvalue weighted by molar-refractivity contribution is -0.123. The van der Waals surface area contributed by atoms with Gasteiger partial charge in [0.15, 0.2) is 0 Å². The normalized spacial score (nSPS) is 14.2. The molecule has 0 aromatic heterocycles. The van der Waals surface area contributed by atoms with Gasteiger partial charge in [-0.3, -0.25) is 4.79 Å². The lowest BCUT2D eigenvalue weighted by atomic mass is 9.97. The molecule has 7 heteroatoms. The van der Waals surface area contributed by atoms with Crippen molar-refractivity contribution in [1.29, 1.82) is 0 Å².